The Morgan fingerprint density at radius 3 is 2.24 bits per heavy atom. The molecule has 2 aromatic carbocycles. The Morgan fingerprint density at radius 2 is 1.57 bits per heavy atom. The van der Waals surface area contributed by atoms with Crippen LogP contribution >= 0.6 is 17.0 Å². The molecule has 0 spiro atoms. The van der Waals surface area contributed by atoms with E-state index in [1.807, 2.05) is 0 Å². The molecule has 3 rings (SSSR count). The number of benzene rings is 2. The third kappa shape index (κ3) is 3.73. The van der Waals surface area contributed by atoms with Crippen LogP contribution in [0.25, 0.3) is 11.1 Å². The monoisotopic (exact) mass is 397 g/mol. The molecule has 1 nitrogen and oxygen atoms in total. The third-order valence-corrected chi connectivity index (χ3v) is 3.90. The summed E-state index contributed by atoms with van der Waals surface area (Å²) >= 11 is -0.826. The van der Waals surface area contributed by atoms with Crippen LogP contribution in [0.3, 0.4) is 0 Å². The van der Waals surface area contributed by atoms with Crippen molar-refractivity contribution in [1.29, 1.82) is 0 Å². The van der Waals surface area contributed by atoms with Gasteiger partial charge in [-0.1, -0.05) is 36.4 Å². The first-order valence-electron chi connectivity index (χ1n) is 7.18. The van der Waals surface area contributed by atoms with E-state index in [1.165, 1.54) is 27.9 Å². The summed E-state index contributed by atoms with van der Waals surface area (Å²) in [6, 6.07) is 15.5. The van der Waals surface area contributed by atoms with Crippen molar-refractivity contribution in [2.24, 2.45) is 0 Å². The molecule has 110 valence electrons. The topological polar surface area (TPSA) is 3.24 Å². The molecule has 0 heterocycles. The van der Waals surface area contributed by atoms with E-state index in [-0.39, 0.29) is 0 Å². The van der Waals surface area contributed by atoms with E-state index in [4.69, 9.17) is 17.0 Å². The van der Waals surface area contributed by atoms with Crippen molar-refractivity contribution in [2.75, 3.05) is 18.0 Å². The van der Waals surface area contributed by atoms with Gasteiger partial charge < -0.3 is 4.90 Å². The molecule has 0 saturated heterocycles. The Balaban J connectivity index is 0.000000497. The number of rotatable bonds is 3. The zero-order valence-electron chi connectivity index (χ0n) is 12.4. The standard InChI is InChI=1S/C17H19N.2ClH.Zr/c1-3-18(4-2)16-11-7-9-14-12-13-8-5-6-10-15(13)17(14)16;;;/h5-11H,3-4,12H2,1-2H3;2*1H;/q;;;+2/p-2. The number of fused-ring (bicyclic) bond motifs is 3. The molecule has 1 aliphatic rings. The molecule has 0 radical (unpaired) electrons. The van der Waals surface area contributed by atoms with Gasteiger partial charge in [-0.15, -0.1) is 0 Å². The van der Waals surface area contributed by atoms with Crippen LogP contribution in [0.1, 0.15) is 25.0 Å². The van der Waals surface area contributed by atoms with E-state index in [2.05, 4.69) is 61.2 Å². The van der Waals surface area contributed by atoms with Gasteiger partial charge in [-0.05, 0) is 43.0 Å². The van der Waals surface area contributed by atoms with E-state index in [9.17, 15) is 0 Å². The quantitative estimate of drug-likeness (QED) is 0.564. The molecular weight excluding hydrogens is 380 g/mol. The Labute approximate surface area is 145 Å². The van der Waals surface area contributed by atoms with E-state index in [0.29, 0.717) is 0 Å². The Kier molecular flexibility index (Phi) is 6.80. The van der Waals surface area contributed by atoms with Crippen LogP contribution in [-0.2, 0) is 27.3 Å². The summed E-state index contributed by atoms with van der Waals surface area (Å²) < 4.78 is 0. The van der Waals surface area contributed by atoms with Gasteiger partial charge in [0.25, 0.3) is 0 Å². The Hall–Kier alpha value is -0.297. The van der Waals surface area contributed by atoms with Crippen LogP contribution in [0.2, 0.25) is 0 Å². The SMILES string of the molecule is CCN(CC)c1cccc2c1-c1ccccc1C2.[Cl][Zr][Cl]. The minimum absolute atomic E-state index is 0.826. The number of anilines is 1. The van der Waals surface area contributed by atoms with Crippen molar-refractivity contribution in [2.45, 2.75) is 20.3 Å². The molecule has 0 bridgehead atoms. The predicted molar refractivity (Wildman–Crippen MR) is 90.0 cm³/mol. The van der Waals surface area contributed by atoms with Crippen LogP contribution in [0.15, 0.2) is 42.5 Å². The average molecular weight is 399 g/mol. The van der Waals surface area contributed by atoms with Crippen LogP contribution in [-0.4, -0.2) is 13.1 Å². The van der Waals surface area contributed by atoms with Gasteiger partial charge >= 0.3 is 37.9 Å². The molecule has 4 heteroatoms. The van der Waals surface area contributed by atoms with Crippen molar-refractivity contribution < 1.29 is 20.8 Å². The van der Waals surface area contributed by atoms with Crippen LogP contribution in [0.5, 0.6) is 0 Å². The van der Waals surface area contributed by atoms with Gasteiger partial charge in [0.15, 0.2) is 0 Å². The van der Waals surface area contributed by atoms with E-state index >= 15 is 0 Å². The molecule has 21 heavy (non-hydrogen) atoms. The van der Waals surface area contributed by atoms with Crippen molar-refractivity contribution in [1.82, 2.24) is 0 Å². The fourth-order valence-electron chi connectivity index (χ4n) is 3.00. The fourth-order valence-corrected chi connectivity index (χ4v) is 3.00. The van der Waals surface area contributed by atoms with Gasteiger partial charge in [-0.25, -0.2) is 0 Å². The molecule has 0 N–H and O–H groups in total. The Morgan fingerprint density at radius 1 is 0.952 bits per heavy atom. The summed E-state index contributed by atoms with van der Waals surface area (Å²) in [5.74, 6) is 0. The first-order chi connectivity index (χ1) is 10.3. The van der Waals surface area contributed by atoms with Gasteiger partial charge in [0.05, 0.1) is 0 Å². The molecule has 0 saturated carbocycles. The molecule has 0 aliphatic heterocycles. The van der Waals surface area contributed by atoms with E-state index < -0.39 is 20.8 Å². The molecule has 0 unspecified atom stereocenters. The van der Waals surface area contributed by atoms with Gasteiger partial charge in [0, 0.05) is 24.3 Å². The van der Waals surface area contributed by atoms with Crippen molar-refractivity contribution in [3.63, 3.8) is 0 Å². The second-order valence-corrected chi connectivity index (χ2v) is 8.62. The third-order valence-electron chi connectivity index (χ3n) is 3.90. The summed E-state index contributed by atoms with van der Waals surface area (Å²) in [5, 5.41) is 0. The fraction of sp³-hybridized carbons (Fsp3) is 0.294. The zero-order chi connectivity index (χ0) is 15.2. The Bertz CT molecular complexity index is 597. The number of hydrogen-bond donors (Lipinski definition) is 0. The normalized spacial score (nSPS) is 11.0. The van der Waals surface area contributed by atoms with Crippen molar-refractivity contribution >= 4 is 22.7 Å². The van der Waals surface area contributed by atoms with Crippen LogP contribution < -0.4 is 4.90 Å². The predicted octanol–water partition coefficient (Wildman–Crippen LogP) is 5.48. The molecule has 1 aliphatic carbocycles. The van der Waals surface area contributed by atoms with Crippen LogP contribution in [0, 0.1) is 0 Å². The zero-order valence-corrected chi connectivity index (χ0v) is 16.3. The number of halogens is 2. The summed E-state index contributed by atoms with van der Waals surface area (Å²) in [7, 11) is 9.87. The van der Waals surface area contributed by atoms with Gasteiger partial charge in [-0.2, -0.15) is 0 Å². The van der Waals surface area contributed by atoms with E-state index in [1.54, 1.807) is 0 Å². The molecule has 2 aromatic rings. The van der Waals surface area contributed by atoms with Gasteiger partial charge in [0.2, 0.25) is 0 Å². The van der Waals surface area contributed by atoms with Crippen molar-refractivity contribution in [3.05, 3.63) is 53.6 Å². The molecule has 0 atom stereocenters. The molecule has 0 fully saturated rings. The second kappa shape index (κ2) is 8.37. The average Bonchev–Trinajstić information content (AvgIpc) is 2.88. The molecule has 0 aromatic heterocycles. The first kappa shape index (κ1) is 17.1. The van der Waals surface area contributed by atoms with Crippen LogP contribution in [0.4, 0.5) is 5.69 Å². The molecule has 0 amide bonds. The number of hydrogen-bond acceptors (Lipinski definition) is 1. The summed E-state index contributed by atoms with van der Waals surface area (Å²) in [5.41, 5.74) is 7.21. The minimum atomic E-state index is -0.826. The van der Waals surface area contributed by atoms with Crippen molar-refractivity contribution in [3.8, 4) is 11.1 Å². The maximum atomic E-state index is 4.93. The summed E-state index contributed by atoms with van der Waals surface area (Å²) in [6.07, 6.45) is 1.08. The number of nitrogens with zero attached hydrogens (tertiary/aromatic N) is 1. The van der Waals surface area contributed by atoms with E-state index in [0.717, 1.165) is 19.5 Å². The second-order valence-electron chi connectivity index (χ2n) is 4.89. The maximum absolute atomic E-state index is 4.93. The first-order valence-corrected chi connectivity index (χ1v) is 13.5. The summed E-state index contributed by atoms with van der Waals surface area (Å²) in [6.45, 7) is 6.58. The van der Waals surface area contributed by atoms with Gasteiger partial charge in [0.1, 0.15) is 0 Å². The summed E-state index contributed by atoms with van der Waals surface area (Å²) in [4.78, 5) is 2.45. The molecular formula is C17H19Cl2NZr. The van der Waals surface area contributed by atoms with Gasteiger partial charge in [-0.3, -0.25) is 0 Å².